The van der Waals surface area contributed by atoms with Gasteiger partial charge in [0.05, 0.1) is 12.1 Å². The van der Waals surface area contributed by atoms with Gasteiger partial charge in [-0.05, 0) is 32.9 Å². The largest absolute Gasteiger partial charge is 0.384 e. The van der Waals surface area contributed by atoms with E-state index in [1.807, 2.05) is 26.8 Å². The molecule has 0 bridgehead atoms. The Balaban J connectivity index is 2.81. The molecule has 0 saturated heterocycles. The van der Waals surface area contributed by atoms with Gasteiger partial charge in [0.15, 0.2) is 0 Å². The van der Waals surface area contributed by atoms with E-state index in [0.717, 1.165) is 5.56 Å². The molecule has 1 rings (SSSR count). The molecule has 5 heteroatoms. The summed E-state index contributed by atoms with van der Waals surface area (Å²) in [5.41, 5.74) is 1.84. The second-order valence-corrected chi connectivity index (χ2v) is 4.91. The zero-order chi connectivity index (χ0) is 15.8. The van der Waals surface area contributed by atoms with Crippen LogP contribution in [0.3, 0.4) is 0 Å². The van der Waals surface area contributed by atoms with Gasteiger partial charge in [-0.2, -0.15) is 0 Å². The highest BCUT2D eigenvalue weighted by Crippen LogP contribution is 2.10. The third-order valence-electron chi connectivity index (χ3n) is 2.58. The normalized spacial score (nSPS) is 9.76. The van der Waals surface area contributed by atoms with Crippen molar-refractivity contribution in [1.29, 1.82) is 0 Å². The number of hydrogen-bond donors (Lipinski definition) is 3. The van der Waals surface area contributed by atoms with Crippen LogP contribution in [-0.4, -0.2) is 36.1 Å². The summed E-state index contributed by atoms with van der Waals surface area (Å²) in [4.78, 5) is 23.7. The first-order chi connectivity index (χ1) is 9.93. The third-order valence-corrected chi connectivity index (χ3v) is 2.58. The Morgan fingerprint density at radius 2 is 2.05 bits per heavy atom. The lowest BCUT2D eigenvalue weighted by Gasteiger charge is -2.10. The number of carbonyl (C=O) groups excluding carboxylic acids is 2. The van der Waals surface area contributed by atoms with Crippen LogP contribution in [0.5, 0.6) is 0 Å². The number of aryl methyl sites for hydroxylation is 1. The van der Waals surface area contributed by atoms with Crippen molar-refractivity contribution < 1.29 is 14.7 Å². The fourth-order valence-electron chi connectivity index (χ4n) is 1.72. The summed E-state index contributed by atoms with van der Waals surface area (Å²) in [6, 6.07) is 5.29. The molecule has 0 aliphatic heterocycles. The number of benzene rings is 1. The first-order valence-corrected chi connectivity index (χ1v) is 6.72. The predicted molar refractivity (Wildman–Crippen MR) is 80.8 cm³/mol. The van der Waals surface area contributed by atoms with Crippen LogP contribution in [0.2, 0.25) is 0 Å². The first kappa shape index (κ1) is 16.7. The summed E-state index contributed by atoms with van der Waals surface area (Å²) < 4.78 is 0. The van der Waals surface area contributed by atoms with Gasteiger partial charge in [-0.15, -0.1) is 0 Å². The minimum atomic E-state index is -0.361. The van der Waals surface area contributed by atoms with E-state index in [2.05, 4.69) is 22.5 Å². The second-order valence-electron chi connectivity index (χ2n) is 4.91. The van der Waals surface area contributed by atoms with E-state index in [1.165, 1.54) is 0 Å². The summed E-state index contributed by atoms with van der Waals surface area (Å²) in [6.45, 7) is 5.21. The molecule has 0 fully saturated rings. The molecule has 0 atom stereocenters. The molecule has 112 valence electrons. The quantitative estimate of drug-likeness (QED) is 0.710. The topological polar surface area (TPSA) is 78.4 Å². The molecular formula is C16H20N2O3. The van der Waals surface area contributed by atoms with Gasteiger partial charge >= 0.3 is 0 Å². The summed E-state index contributed by atoms with van der Waals surface area (Å²) in [5.74, 6) is 4.64. The molecule has 1 aromatic rings. The lowest BCUT2D eigenvalue weighted by atomic mass is 10.0. The van der Waals surface area contributed by atoms with Crippen molar-refractivity contribution in [2.24, 2.45) is 0 Å². The van der Waals surface area contributed by atoms with E-state index in [-0.39, 0.29) is 31.0 Å². The van der Waals surface area contributed by atoms with Gasteiger partial charge < -0.3 is 15.7 Å². The molecule has 0 spiro atoms. The Hall–Kier alpha value is -2.32. The number of aliphatic hydroxyl groups is 1. The molecule has 3 N–H and O–H groups in total. The van der Waals surface area contributed by atoms with Crippen LogP contribution in [0.1, 0.15) is 35.3 Å². The SMILES string of the molecule is Cc1ccc(C#CCO)c(C(=O)NCC(=O)NC(C)C)c1. The van der Waals surface area contributed by atoms with E-state index in [9.17, 15) is 9.59 Å². The second kappa shape index (κ2) is 8.08. The van der Waals surface area contributed by atoms with Gasteiger partial charge in [0, 0.05) is 11.6 Å². The average Bonchev–Trinajstić information content (AvgIpc) is 2.42. The van der Waals surface area contributed by atoms with Crippen LogP contribution in [0.4, 0.5) is 0 Å². The molecule has 21 heavy (non-hydrogen) atoms. The van der Waals surface area contributed by atoms with Gasteiger partial charge in [0.25, 0.3) is 5.91 Å². The highest BCUT2D eigenvalue weighted by atomic mass is 16.2. The number of hydrogen-bond acceptors (Lipinski definition) is 3. The van der Waals surface area contributed by atoms with E-state index in [4.69, 9.17) is 5.11 Å². The van der Waals surface area contributed by atoms with Gasteiger partial charge in [-0.3, -0.25) is 9.59 Å². The van der Waals surface area contributed by atoms with Crippen LogP contribution in [-0.2, 0) is 4.79 Å². The minimum absolute atomic E-state index is 0.0272. The van der Waals surface area contributed by atoms with Crippen molar-refractivity contribution in [1.82, 2.24) is 10.6 Å². The summed E-state index contributed by atoms with van der Waals surface area (Å²) in [7, 11) is 0. The van der Waals surface area contributed by atoms with Crippen molar-refractivity contribution in [3.05, 3.63) is 34.9 Å². The number of rotatable bonds is 4. The number of nitrogens with one attached hydrogen (secondary N) is 2. The molecule has 0 aromatic heterocycles. The van der Waals surface area contributed by atoms with Crippen molar-refractivity contribution in [2.45, 2.75) is 26.8 Å². The lowest BCUT2D eigenvalue weighted by Crippen LogP contribution is -2.40. The standard InChI is InChI=1S/C16H20N2O3/c1-11(2)18-15(20)10-17-16(21)14-9-12(3)6-7-13(14)5-4-8-19/h6-7,9,11,19H,8,10H2,1-3H3,(H,17,21)(H,18,20). The number of aliphatic hydroxyl groups excluding tert-OH is 1. The number of carbonyl (C=O) groups is 2. The molecule has 0 radical (unpaired) electrons. The molecule has 0 heterocycles. The van der Waals surface area contributed by atoms with E-state index in [1.54, 1.807) is 12.1 Å². The van der Waals surface area contributed by atoms with E-state index < -0.39 is 0 Å². The molecule has 5 nitrogen and oxygen atoms in total. The van der Waals surface area contributed by atoms with Gasteiger partial charge in [0.2, 0.25) is 5.91 Å². The van der Waals surface area contributed by atoms with Crippen molar-refractivity contribution in [2.75, 3.05) is 13.2 Å². The number of amides is 2. The van der Waals surface area contributed by atoms with E-state index >= 15 is 0 Å². The van der Waals surface area contributed by atoms with Crippen LogP contribution in [0, 0.1) is 18.8 Å². The monoisotopic (exact) mass is 288 g/mol. The van der Waals surface area contributed by atoms with Crippen LogP contribution >= 0.6 is 0 Å². The Kier molecular flexibility index (Phi) is 6.44. The highest BCUT2D eigenvalue weighted by Gasteiger charge is 2.12. The third kappa shape index (κ3) is 5.67. The molecule has 1 aromatic carbocycles. The zero-order valence-corrected chi connectivity index (χ0v) is 12.5. The maximum Gasteiger partial charge on any atom is 0.252 e. The van der Waals surface area contributed by atoms with Crippen molar-refractivity contribution in [3.63, 3.8) is 0 Å². The maximum atomic E-state index is 12.1. The van der Waals surface area contributed by atoms with Crippen molar-refractivity contribution >= 4 is 11.8 Å². The molecule has 0 unspecified atom stereocenters. The Labute approximate surface area is 124 Å². The lowest BCUT2D eigenvalue weighted by molar-refractivity contribution is -0.120. The molecular weight excluding hydrogens is 268 g/mol. The highest BCUT2D eigenvalue weighted by molar-refractivity contribution is 5.98. The summed E-state index contributed by atoms with van der Waals surface area (Å²) >= 11 is 0. The minimum Gasteiger partial charge on any atom is -0.384 e. The fraction of sp³-hybridized carbons (Fsp3) is 0.375. The van der Waals surface area contributed by atoms with Crippen molar-refractivity contribution in [3.8, 4) is 11.8 Å². The summed E-state index contributed by atoms with van der Waals surface area (Å²) in [5, 5.41) is 14.0. The fourth-order valence-corrected chi connectivity index (χ4v) is 1.72. The molecule has 0 aliphatic carbocycles. The zero-order valence-electron chi connectivity index (χ0n) is 12.5. The predicted octanol–water partition coefficient (Wildman–Crippen LogP) is 0.593. The van der Waals surface area contributed by atoms with E-state index in [0.29, 0.717) is 11.1 Å². The van der Waals surface area contributed by atoms with Crippen LogP contribution < -0.4 is 10.6 Å². The van der Waals surface area contributed by atoms with Gasteiger partial charge in [-0.1, -0.05) is 23.5 Å². The van der Waals surface area contributed by atoms with Crippen LogP contribution in [0.15, 0.2) is 18.2 Å². The molecule has 0 saturated carbocycles. The smallest absolute Gasteiger partial charge is 0.252 e. The molecule has 2 amide bonds. The maximum absolute atomic E-state index is 12.1. The van der Waals surface area contributed by atoms with Gasteiger partial charge in [-0.25, -0.2) is 0 Å². The average molecular weight is 288 g/mol. The Morgan fingerprint density at radius 3 is 2.67 bits per heavy atom. The Bertz CT molecular complexity index is 583. The first-order valence-electron chi connectivity index (χ1n) is 6.72. The van der Waals surface area contributed by atoms with Gasteiger partial charge in [0.1, 0.15) is 6.61 Å². The summed E-state index contributed by atoms with van der Waals surface area (Å²) in [6.07, 6.45) is 0. The molecule has 0 aliphatic rings. The van der Waals surface area contributed by atoms with Crippen LogP contribution in [0.25, 0.3) is 0 Å². The Morgan fingerprint density at radius 1 is 1.33 bits per heavy atom.